The second-order valence-electron chi connectivity index (χ2n) is 5.80. The monoisotopic (exact) mass is 586 g/mol. The first-order valence-electron chi connectivity index (χ1n) is 7.30. The van der Waals surface area contributed by atoms with Crippen LogP contribution in [0.1, 0.15) is 41.3 Å². The van der Waals surface area contributed by atoms with Crippen molar-refractivity contribution in [3.63, 3.8) is 0 Å². The number of ether oxygens (including phenoxy) is 1. The predicted molar refractivity (Wildman–Crippen MR) is 112 cm³/mol. The maximum atomic E-state index is 12.6. The lowest BCUT2D eigenvalue weighted by atomic mass is 9.97. The minimum atomic E-state index is -4.37. The summed E-state index contributed by atoms with van der Waals surface area (Å²) in [6.07, 6.45) is 0. The minimum absolute atomic E-state index is 0.180. The smallest absolute Gasteiger partial charge is 0.343 e. The van der Waals surface area contributed by atoms with Gasteiger partial charge in [-0.15, -0.1) is 0 Å². The van der Waals surface area contributed by atoms with Crippen molar-refractivity contribution in [2.75, 3.05) is 0 Å². The number of esters is 1. The highest BCUT2D eigenvalue weighted by molar-refractivity contribution is 14.1. The molecule has 0 heterocycles. The molecule has 0 atom stereocenters. The molecular formula is C17H16I2O5S. The van der Waals surface area contributed by atoms with E-state index in [4.69, 9.17) is 4.74 Å². The number of benzene rings is 2. The fraction of sp³-hybridized carbons (Fsp3) is 0.235. The summed E-state index contributed by atoms with van der Waals surface area (Å²) < 4.78 is 39.9. The number of hydrogen-bond acceptors (Lipinski definition) is 4. The quantitative estimate of drug-likeness (QED) is 0.241. The summed E-state index contributed by atoms with van der Waals surface area (Å²) in [6.45, 7) is 5.18. The standard InChI is InChI=1S/C17H16I2O5S/c1-9(2)12-8-13(10(3)6-16(12)25(21,22)23)17(20)24-15-5-4-11(18)7-14(15)19/h4-9H,1-3H3,(H,21,22,23). The number of carbonyl (C=O) groups excluding carboxylic acids is 1. The van der Waals surface area contributed by atoms with Gasteiger partial charge in [-0.1, -0.05) is 13.8 Å². The molecule has 2 aromatic rings. The van der Waals surface area contributed by atoms with E-state index in [1.165, 1.54) is 12.1 Å². The van der Waals surface area contributed by atoms with Crippen LogP contribution in [0, 0.1) is 14.1 Å². The number of hydrogen-bond donors (Lipinski definition) is 1. The molecule has 25 heavy (non-hydrogen) atoms. The van der Waals surface area contributed by atoms with Crippen molar-refractivity contribution < 1.29 is 22.5 Å². The van der Waals surface area contributed by atoms with E-state index in [9.17, 15) is 17.8 Å². The lowest BCUT2D eigenvalue weighted by Gasteiger charge is -2.15. The molecular weight excluding hydrogens is 570 g/mol. The maximum absolute atomic E-state index is 12.6. The van der Waals surface area contributed by atoms with Gasteiger partial charge in [-0.05, 0) is 99.5 Å². The van der Waals surface area contributed by atoms with E-state index in [0.717, 1.165) is 7.14 Å². The van der Waals surface area contributed by atoms with Gasteiger partial charge >= 0.3 is 5.97 Å². The van der Waals surface area contributed by atoms with Gasteiger partial charge in [0.25, 0.3) is 10.1 Å². The Bertz CT molecular complexity index is 936. The van der Waals surface area contributed by atoms with Crippen LogP contribution in [0.4, 0.5) is 0 Å². The SMILES string of the molecule is Cc1cc(S(=O)(=O)O)c(C(C)C)cc1C(=O)Oc1ccc(I)cc1I. The fourth-order valence-electron chi connectivity index (χ4n) is 2.31. The molecule has 0 spiro atoms. The highest BCUT2D eigenvalue weighted by Crippen LogP contribution is 2.29. The summed E-state index contributed by atoms with van der Waals surface area (Å²) in [5.74, 6) is -0.321. The first-order chi connectivity index (χ1) is 11.5. The van der Waals surface area contributed by atoms with Crippen molar-refractivity contribution in [2.24, 2.45) is 0 Å². The molecule has 0 unspecified atom stereocenters. The van der Waals surface area contributed by atoms with Crippen LogP contribution in [0.2, 0.25) is 0 Å². The largest absolute Gasteiger partial charge is 0.422 e. The first-order valence-corrected chi connectivity index (χ1v) is 10.9. The van der Waals surface area contributed by atoms with Crippen molar-refractivity contribution in [3.05, 3.63) is 54.2 Å². The van der Waals surface area contributed by atoms with E-state index >= 15 is 0 Å². The minimum Gasteiger partial charge on any atom is -0.422 e. The zero-order valence-corrected chi connectivity index (χ0v) is 18.8. The van der Waals surface area contributed by atoms with E-state index in [1.54, 1.807) is 26.8 Å². The molecule has 0 aliphatic heterocycles. The number of carbonyl (C=O) groups is 1. The molecule has 0 radical (unpaired) electrons. The van der Waals surface area contributed by atoms with Crippen LogP contribution >= 0.6 is 45.2 Å². The Labute approximate surface area is 174 Å². The molecule has 0 fully saturated rings. The molecule has 0 saturated heterocycles. The van der Waals surface area contributed by atoms with Gasteiger partial charge in [0.15, 0.2) is 0 Å². The molecule has 0 bridgehead atoms. The molecule has 0 aliphatic rings. The Morgan fingerprint density at radius 1 is 1.16 bits per heavy atom. The van der Waals surface area contributed by atoms with Gasteiger partial charge in [-0.2, -0.15) is 8.42 Å². The van der Waals surface area contributed by atoms with Gasteiger partial charge in [0, 0.05) is 3.57 Å². The van der Waals surface area contributed by atoms with Crippen LogP contribution in [-0.2, 0) is 10.1 Å². The average molecular weight is 586 g/mol. The van der Waals surface area contributed by atoms with Crippen LogP contribution in [0.5, 0.6) is 5.75 Å². The topological polar surface area (TPSA) is 80.7 Å². The van der Waals surface area contributed by atoms with Crippen molar-refractivity contribution in [1.29, 1.82) is 0 Å². The summed E-state index contributed by atoms with van der Waals surface area (Å²) >= 11 is 4.26. The van der Waals surface area contributed by atoms with Crippen molar-refractivity contribution in [1.82, 2.24) is 0 Å². The highest BCUT2D eigenvalue weighted by atomic mass is 127. The Morgan fingerprint density at radius 3 is 2.32 bits per heavy atom. The lowest BCUT2D eigenvalue weighted by Crippen LogP contribution is -2.14. The Balaban J connectivity index is 2.48. The Kier molecular flexibility index (Phi) is 6.50. The number of rotatable bonds is 4. The van der Waals surface area contributed by atoms with Crippen LogP contribution in [-0.4, -0.2) is 18.9 Å². The molecule has 5 nitrogen and oxygen atoms in total. The number of halogens is 2. The summed E-state index contributed by atoms with van der Waals surface area (Å²) in [4.78, 5) is 12.4. The third-order valence-electron chi connectivity index (χ3n) is 3.57. The second-order valence-corrected chi connectivity index (χ2v) is 9.60. The van der Waals surface area contributed by atoms with Crippen LogP contribution in [0.15, 0.2) is 35.2 Å². The Hall–Kier alpha value is -0.720. The zero-order valence-electron chi connectivity index (χ0n) is 13.7. The zero-order chi connectivity index (χ0) is 18.9. The van der Waals surface area contributed by atoms with E-state index in [1.807, 2.05) is 12.1 Å². The highest BCUT2D eigenvalue weighted by Gasteiger charge is 2.23. The fourth-order valence-corrected chi connectivity index (χ4v) is 4.94. The molecule has 1 N–H and O–H groups in total. The third kappa shape index (κ3) is 4.92. The van der Waals surface area contributed by atoms with Gasteiger partial charge in [0.1, 0.15) is 5.75 Å². The summed E-state index contributed by atoms with van der Waals surface area (Å²) in [5, 5.41) is 0. The molecule has 0 aromatic heterocycles. The van der Waals surface area contributed by atoms with Crippen LogP contribution in [0.25, 0.3) is 0 Å². The summed E-state index contributed by atoms with van der Waals surface area (Å²) in [5.41, 5.74) is 1.06. The Morgan fingerprint density at radius 2 is 1.80 bits per heavy atom. The predicted octanol–water partition coefficient (Wildman–Crippen LogP) is 4.79. The van der Waals surface area contributed by atoms with Gasteiger partial charge in [0.05, 0.1) is 14.0 Å². The second kappa shape index (κ2) is 7.89. The molecule has 2 aromatic carbocycles. The summed E-state index contributed by atoms with van der Waals surface area (Å²) in [6, 6.07) is 8.22. The molecule has 134 valence electrons. The van der Waals surface area contributed by atoms with Crippen molar-refractivity contribution >= 4 is 61.3 Å². The van der Waals surface area contributed by atoms with Crippen LogP contribution in [0.3, 0.4) is 0 Å². The maximum Gasteiger partial charge on any atom is 0.343 e. The summed E-state index contributed by atoms with van der Waals surface area (Å²) in [7, 11) is -4.37. The lowest BCUT2D eigenvalue weighted by molar-refractivity contribution is 0.0732. The van der Waals surface area contributed by atoms with E-state index in [-0.39, 0.29) is 16.4 Å². The molecule has 8 heteroatoms. The third-order valence-corrected chi connectivity index (χ3v) is 6.00. The average Bonchev–Trinajstić information content (AvgIpc) is 2.48. The first kappa shape index (κ1) is 20.6. The van der Waals surface area contributed by atoms with E-state index in [2.05, 4.69) is 45.2 Å². The molecule has 0 saturated carbocycles. The normalized spacial score (nSPS) is 11.6. The van der Waals surface area contributed by atoms with Gasteiger partial charge in [-0.25, -0.2) is 4.79 Å². The van der Waals surface area contributed by atoms with Crippen molar-refractivity contribution in [2.45, 2.75) is 31.6 Å². The van der Waals surface area contributed by atoms with Crippen LogP contribution < -0.4 is 4.74 Å². The number of aryl methyl sites for hydroxylation is 1. The van der Waals surface area contributed by atoms with Crippen molar-refractivity contribution in [3.8, 4) is 5.75 Å². The van der Waals surface area contributed by atoms with E-state index < -0.39 is 16.1 Å². The van der Waals surface area contributed by atoms with Gasteiger partial charge in [0.2, 0.25) is 0 Å². The van der Waals surface area contributed by atoms with E-state index in [0.29, 0.717) is 16.9 Å². The molecule has 2 rings (SSSR count). The molecule has 0 amide bonds. The van der Waals surface area contributed by atoms with Gasteiger partial charge < -0.3 is 4.74 Å². The van der Waals surface area contributed by atoms with Gasteiger partial charge in [-0.3, -0.25) is 4.55 Å². The molecule has 0 aliphatic carbocycles.